The molecule has 4 rings (SSSR count). The van der Waals surface area contributed by atoms with Crippen LogP contribution >= 0.6 is 15.9 Å². The summed E-state index contributed by atoms with van der Waals surface area (Å²) in [4.78, 5) is 31.7. The van der Waals surface area contributed by atoms with E-state index in [9.17, 15) is 9.59 Å². The number of benzene rings is 1. The van der Waals surface area contributed by atoms with Crippen LogP contribution < -0.4 is 5.32 Å². The summed E-state index contributed by atoms with van der Waals surface area (Å²) in [7, 11) is 0. The van der Waals surface area contributed by atoms with E-state index < -0.39 is 0 Å². The van der Waals surface area contributed by atoms with Gasteiger partial charge in [0.1, 0.15) is 11.4 Å². The van der Waals surface area contributed by atoms with Crippen LogP contribution in [-0.4, -0.2) is 45.0 Å². The summed E-state index contributed by atoms with van der Waals surface area (Å²) in [5, 5.41) is 10.00. The summed E-state index contributed by atoms with van der Waals surface area (Å²) in [6.45, 7) is 3.00. The Morgan fingerprint density at radius 3 is 2.83 bits per heavy atom. The van der Waals surface area contributed by atoms with Crippen molar-refractivity contribution in [2.75, 3.05) is 18.4 Å². The van der Waals surface area contributed by atoms with E-state index in [0.717, 1.165) is 28.6 Å². The lowest BCUT2D eigenvalue weighted by Gasteiger charge is -2.31. The van der Waals surface area contributed by atoms with Gasteiger partial charge in [0.25, 0.3) is 5.91 Å². The van der Waals surface area contributed by atoms with Crippen molar-refractivity contribution in [1.82, 2.24) is 20.1 Å². The van der Waals surface area contributed by atoms with Gasteiger partial charge in [-0.2, -0.15) is 5.10 Å². The Morgan fingerprint density at radius 2 is 2.07 bits per heavy atom. The maximum absolute atomic E-state index is 13.0. The summed E-state index contributed by atoms with van der Waals surface area (Å²) in [5.74, 6) is -0.483. The number of carbonyl (C=O) groups is 2. The molecule has 1 aliphatic heterocycles. The Hall–Kier alpha value is -3.00. The molecular weight excluding hydrogens is 446 g/mol. The van der Waals surface area contributed by atoms with Gasteiger partial charge < -0.3 is 10.2 Å². The number of nitrogens with one attached hydrogen (secondary N) is 2. The molecular formula is C22H22BrN5O2. The second-order valence-corrected chi connectivity index (χ2v) is 8.30. The molecule has 30 heavy (non-hydrogen) atoms. The number of nitrogens with zero attached hydrogens (tertiary/aromatic N) is 3. The van der Waals surface area contributed by atoms with Gasteiger partial charge in [-0.05, 0) is 71.6 Å². The Bertz CT molecular complexity index is 1070. The number of aryl methyl sites for hydroxylation is 1. The van der Waals surface area contributed by atoms with Crippen LogP contribution in [0.2, 0.25) is 0 Å². The number of carbonyl (C=O) groups excluding carboxylic acids is 2. The fourth-order valence-corrected chi connectivity index (χ4v) is 4.17. The number of rotatable bonds is 4. The maximum Gasteiger partial charge on any atom is 0.271 e. The molecule has 0 radical (unpaired) electrons. The van der Waals surface area contributed by atoms with Gasteiger partial charge in [0, 0.05) is 23.8 Å². The van der Waals surface area contributed by atoms with E-state index in [2.05, 4.69) is 36.4 Å². The fraction of sp³-hybridized carbons (Fsp3) is 0.273. The molecule has 0 aliphatic carbocycles. The standard InChI is InChI=1S/C22H22BrN5O2/c1-14-7-8-17(16(23)11-14)25-21(29)15-5-4-10-28(13-15)22(30)20-12-19(26-27-20)18-6-2-3-9-24-18/h2-3,6-9,11-12,15H,4-5,10,13H2,1H3,(H,25,29)(H,26,27)/t15-/m1/s1. The fourth-order valence-electron chi connectivity index (χ4n) is 3.58. The third kappa shape index (κ3) is 4.43. The van der Waals surface area contributed by atoms with Gasteiger partial charge in [0.05, 0.1) is 17.3 Å². The van der Waals surface area contributed by atoms with Crippen molar-refractivity contribution in [2.45, 2.75) is 19.8 Å². The number of hydrogen-bond acceptors (Lipinski definition) is 4. The minimum Gasteiger partial charge on any atom is -0.337 e. The molecule has 0 spiro atoms. The van der Waals surface area contributed by atoms with Crippen LogP contribution in [-0.2, 0) is 4.79 Å². The number of hydrogen-bond donors (Lipinski definition) is 2. The Balaban J connectivity index is 1.43. The zero-order valence-corrected chi connectivity index (χ0v) is 18.1. The van der Waals surface area contributed by atoms with Crippen molar-refractivity contribution in [3.05, 3.63) is 64.4 Å². The Labute approximate surface area is 183 Å². The molecule has 0 bridgehead atoms. The van der Waals surface area contributed by atoms with Crippen molar-refractivity contribution in [3.63, 3.8) is 0 Å². The normalized spacial score (nSPS) is 16.3. The van der Waals surface area contributed by atoms with Crippen LogP contribution in [0.25, 0.3) is 11.4 Å². The smallest absolute Gasteiger partial charge is 0.271 e. The van der Waals surface area contributed by atoms with Crippen LogP contribution in [0, 0.1) is 12.8 Å². The molecule has 3 aromatic rings. The van der Waals surface area contributed by atoms with Crippen molar-refractivity contribution in [3.8, 4) is 11.4 Å². The van der Waals surface area contributed by atoms with Crippen molar-refractivity contribution in [1.29, 1.82) is 0 Å². The van der Waals surface area contributed by atoms with Gasteiger partial charge in [-0.15, -0.1) is 0 Å². The molecule has 1 saturated heterocycles. The molecule has 8 heteroatoms. The first-order valence-electron chi connectivity index (χ1n) is 9.84. The monoisotopic (exact) mass is 467 g/mol. The number of aromatic amines is 1. The molecule has 154 valence electrons. The van der Waals surface area contributed by atoms with Crippen molar-refractivity contribution in [2.24, 2.45) is 5.92 Å². The van der Waals surface area contributed by atoms with Crippen LogP contribution in [0.3, 0.4) is 0 Å². The molecule has 1 fully saturated rings. The highest BCUT2D eigenvalue weighted by Crippen LogP contribution is 2.26. The van der Waals surface area contributed by atoms with Crippen LogP contribution in [0.4, 0.5) is 5.69 Å². The molecule has 2 N–H and O–H groups in total. The van der Waals surface area contributed by atoms with E-state index >= 15 is 0 Å². The number of piperidine rings is 1. The first-order valence-corrected chi connectivity index (χ1v) is 10.6. The molecule has 3 heterocycles. The number of anilines is 1. The largest absolute Gasteiger partial charge is 0.337 e. The van der Waals surface area contributed by atoms with Crippen LogP contribution in [0.5, 0.6) is 0 Å². The molecule has 2 aromatic heterocycles. The lowest BCUT2D eigenvalue weighted by atomic mass is 9.96. The quantitative estimate of drug-likeness (QED) is 0.605. The van der Waals surface area contributed by atoms with E-state index in [0.29, 0.717) is 30.2 Å². The van der Waals surface area contributed by atoms with Gasteiger partial charge in [-0.25, -0.2) is 0 Å². The van der Waals surface area contributed by atoms with Crippen LogP contribution in [0.15, 0.2) is 53.1 Å². The number of halogens is 1. The molecule has 1 aliphatic rings. The zero-order chi connectivity index (χ0) is 21.1. The molecule has 0 saturated carbocycles. The number of likely N-dealkylation sites (tertiary alicyclic amines) is 1. The maximum atomic E-state index is 13.0. The number of pyridine rings is 1. The minimum absolute atomic E-state index is 0.0733. The topological polar surface area (TPSA) is 91.0 Å². The SMILES string of the molecule is Cc1ccc(NC(=O)[C@@H]2CCCN(C(=O)c3cc(-c4ccccn4)n[nH]3)C2)c(Br)c1. The van der Waals surface area contributed by atoms with E-state index in [4.69, 9.17) is 0 Å². The van der Waals surface area contributed by atoms with Crippen molar-refractivity contribution < 1.29 is 9.59 Å². The predicted molar refractivity (Wildman–Crippen MR) is 118 cm³/mol. The van der Waals surface area contributed by atoms with Gasteiger partial charge >= 0.3 is 0 Å². The van der Waals surface area contributed by atoms with Gasteiger partial charge in [0.2, 0.25) is 5.91 Å². The Kier molecular flexibility index (Phi) is 5.94. The zero-order valence-electron chi connectivity index (χ0n) is 16.6. The first kappa shape index (κ1) is 20.3. The van der Waals surface area contributed by atoms with E-state index in [1.807, 2.05) is 43.3 Å². The average molecular weight is 468 g/mol. The van der Waals surface area contributed by atoms with Crippen LogP contribution in [0.1, 0.15) is 28.9 Å². The third-order valence-corrected chi connectivity index (χ3v) is 5.85. The highest BCUT2D eigenvalue weighted by molar-refractivity contribution is 9.10. The molecule has 0 unspecified atom stereocenters. The highest BCUT2D eigenvalue weighted by atomic mass is 79.9. The lowest BCUT2D eigenvalue weighted by molar-refractivity contribution is -0.121. The van der Waals surface area contributed by atoms with Crippen molar-refractivity contribution >= 4 is 33.4 Å². The van der Waals surface area contributed by atoms with E-state index in [-0.39, 0.29) is 17.7 Å². The predicted octanol–water partition coefficient (Wildman–Crippen LogP) is 4.03. The summed E-state index contributed by atoms with van der Waals surface area (Å²) in [6, 6.07) is 13.0. The van der Waals surface area contributed by atoms with E-state index in [1.165, 1.54) is 0 Å². The number of amides is 2. The number of aromatic nitrogens is 3. The lowest BCUT2D eigenvalue weighted by Crippen LogP contribution is -2.43. The minimum atomic E-state index is -0.255. The second kappa shape index (κ2) is 8.79. The van der Waals surface area contributed by atoms with Gasteiger partial charge in [-0.3, -0.25) is 19.7 Å². The summed E-state index contributed by atoms with van der Waals surface area (Å²) in [6.07, 6.45) is 3.22. The molecule has 7 nitrogen and oxygen atoms in total. The highest BCUT2D eigenvalue weighted by Gasteiger charge is 2.30. The van der Waals surface area contributed by atoms with E-state index in [1.54, 1.807) is 17.2 Å². The summed E-state index contributed by atoms with van der Waals surface area (Å²) >= 11 is 3.49. The average Bonchev–Trinajstić information content (AvgIpc) is 3.26. The van der Waals surface area contributed by atoms with Gasteiger partial charge in [0.15, 0.2) is 0 Å². The summed E-state index contributed by atoms with van der Waals surface area (Å²) < 4.78 is 0.846. The second-order valence-electron chi connectivity index (χ2n) is 7.44. The molecule has 1 atom stereocenters. The number of H-pyrrole nitrogens is 1. The Morgan fingerprint density at radius 1 is 1.20 bits per heavy atom. The first-order chi connectivity index (χ1) is 14.5. The molecule has 2 amide bonds. The third-order valence-electron chi connectivity index (χ3n) is 5.20. The molecule has 1 aromatic carbocycles. The van der Waals surface area contributed by atoms with Gasteiger partial charge in [-0.1, -0.05) is 12.1 Å². The summed E-state index contributed by atoms with van der Waals surface area (Å²) in [5.41, 5.74) is 3.57.